The van der Waals surface area contributed by atoms with Crippen LogP contribution in [0.25, 0.3) is 6.08 Å². The number of ether oxygens (including phenoxy) is 1. The molecule has 3 rings (SSSR count). The largest absolute Gasteiger partial charge is 0.434 e. The van der Waals surface area contributed by atoms with E-state index in [2.05, 4.69) is 10.1 Å². The van der Waals surface area contributed by atoms with Crippen LogP contribution < -0.4 is 10.1 Å². The van der Waals surface area contributed by atoms with Crippen molar-refractivity contribution >= 4 is 63.5 Å². The van der Waals surface area contributed by atoms with Gasteiger partial charge in [-0.25, -0.2) is 0 Å². The van der Waals surface area contributed by atoms with Crippen LogP contribution in [0.4, 0.5) is 14.5 Å². The second kappa shape index (κ2) is 10.9. The fraction of sp³-hybridized carbons (Fsp3) is 0.227. The number of carbonyl (C=O) groups is 2. The first-order chi connectivity index (χ1) is 15.3. The summed E-state index contributed by atoms with van der Waals surface area (Å²) in [6.45, 7) is -0.894. The van der Waals surface area contributed by atoms with Crippen LogP contribution in [0, 0.1) is 6.92 Å². The molecule has 2 amide bonds. The molecule has 1 N–H and O–H groups in total. The molecule has 10 heteroatoms. The number of benzene rings is 2. The average Bonchev–Trinajstić information content (AvgIpc) is 3.00. The Bertz CT molecular complexity index is 1080. The Balaban J connectivity index is 1.59. The number of halogens is 3. The van der Waals surface area contributed by atoms with E-state index in [9.17, 15) is 18.4 Å². The highest BCUT2D eigenvalue weighted by Gasteiger charge is 2.32. The number of hydrogen-bond acceptors (Lipinski definition) is 5. The fourth-order valence-electron chi connectivity index (χ4n) is 2.99. The molecule has 168 valence electrons. The van der Waals surface area contributed by atoms with E-state index in [0.717, 1.165) is 17.3 Å². The maximum atomic E-state index is 12.7. The zero-order valence-corrected chi connectivity index (χ0v) is 19.3. The van der Waals surface area contributed by atoms with Gasteiger partial charge in [0.25, 0.3) is 5.91 Å². The van der Waals surface area contributed by atoms with Gasteiger partial charge in [0.05, 0.1) is 4.91 Å². The number of hydrogen-bond donors (Lipinski definition) is 1. The minimum atomic E-state index is -2.97. The number of nitrogens with zero attached hydrogens (tertiary/aromatic N) is 1. The summed E-state index contributed by atoms with van der Waals surface area (Å²) in [4.78, 5) is 26.7. The number of alkyl halides is 2. The molecule has 5 nitrogen and oxygen atoms in total. The van der Waals surface area contributed by atoms with Gasteiger partial charge in [-0.15, -0.1) is 0 Å². The molecule has 0 radical (unpaired) electrons. The number of nitrogens with one attached hydrogen (secondary N) is 1. The smallest absolute Gasteiger partial charge is 0.387 e. The summed E-state index contributed by atoms with van der Waals surface area (Å²) in [5.74, 6) is -0.562. The molecule has 0 aromatic heterocycles. The van der Waals surface area contributed by atoms with Crippen molar-refractivity contribution in [2.24, 2.45) is 0 Å². The molecule has 1 aliphatic heterocycles. The summed E-state index contributed by atoms with van der Waals surface area (Å²) >= 11 is 12.4. The molecule has 1 heterocycles. The predicted octanol–water partition coefficient (Wildman–Crippen LogP) is 5.87. The van der Waals surface area contributed by atoms with Crippen LogP contribution in [-0.4, -0.2) is 34.2 Å². The third-order valence-electron chi connectivity index (χ3n) is 4.62. The third-order valence-corrected chi connectivity index (χ3v) is 6.41. The number of carbonyl (C=O) groups excluding carboxylic acids is 2. The maximum Gasteiger partial charge on any atom is 0.387 e. The second-order valence-corrected chi connectivity index (χ2v) is 8.90. The first-order valence-corrected chi connectivity index (χ1v) is 11.2. The Morgan fingerprint density at radius 3 is 2.78 bits per heavy atom. The van der Waals surface area contributed by atoms with Gasteiger partial charge < -0.3 is 10.1 Å². The minimum Gasteiger partial charge on any atom is -0.434 e. The summed E-state index contributed by atoms with van der Waals surface area (Å²) < 4.78 is 30.1. The maximum absolute atomic E-state index is 12.7. The van der Waals surface area contributed by atoms with Crippen LogP contribution in [0.15, 0.2) is 47.4 Å². The topological polar surface area (TPSA) is 58.6 Å². The molecule has 2 aromatic rings. The molecule has 0 unspecified atom stereocenters. The van der Waals surface area contributed by atoms with Gasteiger partial charge in [0.15, 0.2) is 0 Å². The van der Waals surface area contributed by atoms with Crippen LogP contribution in [-0.2, 0) is 9.59 Å². The lowest BCUT2D eigenvalue weighted by Gasteiger charge is -2.14. The summed E-state index contributed by atoms with van der Waals surface area (Å²) in [5.41, 5.74) is 1.77. The van der Waals surface area contributed by atoms with Crippen molar-refractivity contribution in [1.82, 2.24) is 4.90 Å². The Morgan fingerprint density at radius 2 is 2.03 bits per heavy atom. The van der Waals surface area contributed by atoms with Gasteiger partial charge in [-0.3, -0.25) is 14.5 Å². The molecule has 1 aliphatic rings. The van der Waals surface area contributed by atoms with Crippen molar-refractivity contribution in [3.63, 3.8) is 0 Å². The zero-order chi connectivity index (χ0) is 23.3. The molecule has 0 spiro atoms. The number of anilines is 1. The Hall–Kier alpha value is -2.49. The Kier molecular flexibility index (Phi) is 8.22. The van der Waals surface area contributed by atoms with Gasteiger partial charge in [-0.1, -0.05) is 59.8 Å². The van der Waals surface area contributed by atoms with E-state index >= 15 is 0 Å². The SMILES string of the molecule is Cc1c(Cl)cccc1NC(=O)CCCN1C(=O)/C(=C/c2ccccc2OC(F)F)SC1=S. The number of thiocarbonyl (C=S) groups is 1. The van der Waals surface area contributed by atoms with Crippen LogP contribution in [0.5, 0.6) is 5.75 Å². The van der Waals surface area contributed by atoms with Gasteiger partial charge in [-0.05, 0) is 43.2 Å². The minimum absolute atomic E-state index is 0.0271. The van der Waals surface area contributed by atoms with E-state index in [4.69, 9.17) is 23.8 Å². The lowest BCUT2D eigenvalue weighted by molar-refractivity contribution is -0.122. The molecule has 0 atom stereocenters. The molecule has 0 saturated carbocycles. The summed E-state index contributed by atoms with van der Waals surface area (Å²) in [6, 6.07) is 11.5. The summed E-state index contributed by atoms with van der Waals surface area (Å²) in [5, 5.41) is 3.37. The molecular formula is C22H19ClF2N2O3S2. The number of amides is 2. The third kappa shape index (κ3) is 6.05. The number of thioether (sulfide) groups is 1. The van der Waals surface area contributed by atoms with Crippen molar-refractivity contribution in [2.75, 3.05) is 11.9 Å². The van der Waals surface area contributed by atoms with E-state index in [0.29, 0.717) is 31.9 Å². The van der Waals surface area contributed by atoms with E-state index in [-0.39, 0.29) is 30.5 Å². The monoisotopic (exact) mass is 496 g/mol. The summed E-state index contributed by atoms with van der Waals surface area (Å²) in [7, 11) is 0. The molecule has 2 aromatic carbocycles. The quantitative estimate of drug-likeness (QED) is 0.366. The Labute approximate surface area is 198 Å². The van der Waals surface area contributed by atoms with E-state index in [1.807, 2.05) is 6.92 Å². The Morgan fingerprint density at radius 1 is 1.28 bits per heavy atom. The van der Waals surface area contributed by atoms with E-state index in [1.165, 1.54) is 17.0 Å². The zero-order valence-electron chi connectivity index (χ0n) is 16.9. The van der Waals surface area contributed by atoms with Crippen LogP contribution >= 0.6 is 35.6 Å². The number of rotatable bonds is 8. The number of para-hydroxylation sites is 1. The second-order valence-electron chi connectivity index (χ2n) is 6.81. The van der Waals surface area contributed by atoms with Crippen molar-refractivity contribution < 1.29 is 23.1 Å². The predicted molar refractivity (Wildman–Crippen MR) is 127 cm³/mol. The van der Waals surface area contributed by atoms with Crippen molar-refractivity contribution in [3.8, 4) is 5.75 Å². The van der Waals surface area contributed by atoms with E-state index in [1.54, 1.807) is 36.4 Å². The van der Waals surface area contributed by atoms with Gasteiger partial charge in [0.1, 0.15) is 10.1 Å². The fourth-order valence-corrected chi connectivity index (χ4v) is 4.46. The van der Waals surface area contributed by atoms with Gasteiger partial charge in [0, 0.05) is 29.2 Å². The molecule has 1 saturated heterocycles. The standard InChI is InChI=1S/C22H19ClF2N2O3S2/c1-13-15(23)7-4-8-16(13)26-19(28)10-5-11-27-20(29)18(32-22(27)31)12-14-6-2-3-9-17(14)30-21(24)25/h2-4,6-9,12,21H,5,10-11H2,1H3,(H,26,28)/b18-12-. The van der Waals surface area contributed by atoms with E-state index < -0.39 is 6.61 Å². The average molecular weight is 497 g/mol. The summed E-state index contributed by atoms with van der Waals surface area (Å²) in [6.07, 6.45) is 2.06. The van der Waals surface area contributed by atoms with Gasteiger partial charge >= 0.3 is 6.61 Å². The van der Waals surface area contributed by atoms with Gasteiger partial charge in [-0.2, -0.15) is 8.78 Å². The molecule has 32 heavy (non-hydrogen) atoms. The van der Waals surface area contributed by atoms with Crippen molar-refractivity contribution in [3.05, 3.63) is 63.5 Å². The normalized spacial score (nSPS) is 15.0. The van der Waals surface area contributed by atoms with Crippen LogP contribution in [0.3, 0.4) is 0 Å². The van der Waals surface area contributed by atoms with Crippen LogP contribution in [0.1, 0.15) is 24.0 Å². The van der Waals surface area contributed by atoms with Crippen molar-refractivity contribution in [2.45, 2.75) is 26.4 Å². The lowest BCUT2D eigenvalue weighted by Crippen LogP contribution is -2.29. The van der Waals surface area contributed by atoms with Crippen LogP contribution in [0.2, 0.25) is 5.02 Å². The highest BCUT2D eigenvalue weighted by molar-refractivity contribution is 8.26. The molecule has 0 bridgehead atoms. The lowest BCUT2D eigenvalue weighted by atomic mass is 10.2. The van der Waals surface area contributed by atoms with Gasteiger partial charge in [0.2, 0.25) is 5.91 Å². The highest BCUT2D eigenvalue weighted by Crippen LogP contribution is 2.34. The highest BCUT2D eigenvalue weighted by atomic mass is 35.5. The molecule has 0 aliphatic carbocycles. The first-order valence-electron chi connectivity index (χ1n) is 9.60. The van der Waals surface area contributed by atoms with Crippen molar-refractivity contribution in [1.29, 1.82) is 0 Å². The first kappa shape index (κ1) is 24.2. The molecule has 1 fully saturated rings. The molecular weight excluding hydrogens is 478 g/mol.